The van der Waals surface area contributed by atoms with E-state index in [0.717, 1.165) is 15.5 Å². The molecule has 37 heavy (non-hydrogen) atoms. The topological polar surface area (TPSA) is 105 Å². The van der Waals surface area contributed by atoms with E-state index in [9.17, 15) is 18.4 Å². The second-order valence-corrected chi connectivity index (χ2v) is 12.1. The highest BCUT2D eigenvalue weighted by Crippen LogP contribution is 2.37. The Labute approximate surface area is 225 Å². The van der Waals surface area contributed by atoms with Gasteiger partial charge in [-0.1, -0.05) is 17.7 Å². The van der Waals surface area contributed by atoms with Gasteiger partial charge in [0.2, 0.25) is 5.91 Å². The molecular weight excluding hydrogens is 536 g/mol. The number of hydrogen-bond donors (Lipinski definition) is 1. The molecular formula is C25H25ClN4O5S2. The summed E-state index contributed by atoms with van der Waals surface area (Å²) in [4.78, 5) is 32.3. The van der Waals surface area contributed by atoms with Gasteiger partial charge < -0.3 is 9.64 Å². The van der Waals surface area contributed by atoms with Crippen molar-refractivity contribution in [2.45, 2.75) is 45.4 Å². The Morgan fingerprint density at radius 1 is 1.27 bits per heavy atom. The number of thiophene rings is 1. The Balaban J connectivity index is 1.44. The molecule has 4 heterocycles. The van der Waals surface area contributed by atoms with E-state index >= 15 is 0 Å². The van der Waals surface area contributed by atoms with Crippen LogP contribution in [-0.2, 0) is 27.3 Å². The van der Waals surface area contributed by atoms with Gasteiger partial charge in [-0.2, -0.15) is 0 Å². The lowest BCUT2D eigenvalue weighted by Gasteiger charge is -2.25. The number of likely N-dealkylation sites (tertiary alicyclic amines) is 1. The van der Waals surface area contributed by atoms with E-state index in [4.69, 9.17) is 16.3 Å². The molecule has 0 bridgehead atoms. The summed E-state index contributed by atoms with van der Waals surface area (Å²) in [6, 6.07) is 9.96. The summed E-state index contributed by atoms with van der Waals surface area (Å²) in [6.45, 7) is 5.86. The van der Waals surface area contributed by atoms with Crippen molar-refractivity contribution in [1.82, 2.24) is 14.5 Å². The Hall–Kier alpha value is -2.99. The van der Waals surface area contributed by atoms with Crippen molar-refractivity contribution in [1.29, 1.82) is 0 Å². The number of benzene rings is 1. The van der Waals surface area contributed by atoms with E-state index in [2.05, 4.69) is 4.98 Å². The summed E-state index contributed by atoms with van der Waals surface area (Å²) >= 11 is 4.98. The van der Waals surface area contributed by atoms with Gasteiger partial charge in [0.25, 0.3) is 11.3 Å². The molecule has 1 fully saturated rings. The maximum Gasteiger partial charge on any atom is 0.419 e. The Kier molecular flexibility index (Phi) is 6.73. The molecule has 9 nitrogen and oxygen atoms in total. The van der Waals surface area contributed by atoms with Gasteiger partial charge >= 0.3 is 6.09 Å². The maximum atomic E-state index is 13.5. The fourth-order valence-corrected chi connectivity index (χ4v) is 6.69. The number of aromatic nitrogens is 2. The quantitative estimate of drug-likeness (QED) is 0.326. The van der Waals surface area contributed by atoms with Gasteiger partial charge in [-0.15, -0.1) is 11.3 Å². The molecule has 0 spiro atoms. The average molecular weight is 561 g/mol. The summed E-state index contributed by atoms with van der Waals surface area (Å²) in [5.74, 6) is -0.294. The second-order valence-electron chi connectivity index (χ2n) is 9.77. The zero-order valence-corrected chi connectivity index (χ0v) is 22.8. The molecule has 3 aromatic heterocycles. The Morgan fingerprint density at radius 3 is 2.78 bits per heavy atom. The van der Waals surface area contributed by atoms with Gasteiger partial charge in [0, 0.05) is 33.5 Å². The monoisotopic (exact) mass is 560 g/mol. The van der Waals surface area contributed by atoms with Crippen LogP contribution in [0.2, 0.25) is 5.02 Å². The molecule has 1 N–H and O–H groups in total. The van der Waals surface area contributed by atoms with Crippen LogP contribution in [0.5, 0.6) is 0 Å². The van der Waals surface area contributed by atoms with Crippen molar-refractivity contribution in [3.63, 3.8) is 0 Å². The van der Waals surface area contributed by atoms with Gasteiger partial charge in [0.15, 0.2) is 0 Å². The molecule has 1 aliphatic rings. The summed E-state index contributed by atoms with van der Waals surface area (Å²) in [5, 5.41) is 2.74. The standard InChI is InChI=1S/C25H25ClN4O5S2/c1-25(2,3)35-24(32)29-18(10-15-6-8-27-13-20(15)29)14-28-9-7-19(23(28)31)30(37(33)34)22-11-16-4-5-17(26)12-21(16)36-22/h4-6,8,10-13,19H,7,9,14H2,1-3H3,(H,33,34). The molecule has 2 atom stereocenters. The van der Waals surface area contributed by atoms with Gasteiger partial charge in [-0.05, 0) is 62.9 Å². The number of anilines is 1. The third-order valence-electron chi connectivity index (χ3n) is 6.02. The van der Waals surface area contributed by atoms with Crippen LogP contribution in [0, 0.1) is 0 Å². The van der Waals surface area contributed by atoms with Crippen LogP contribution in [0.1, 0.15) is 32.9 Å². The van der Waals surface area contributed by atoms with Crippen LogP contribution in [0.3, 0.4) is 0 Å². The van der Waals surface area contributed by atoms with Crippen LogP contribution in [-0.4, -0.2) is 53.4 Å². The van der Waals surface area contributed by atoms with E-state index in [1.807, 2.05) is 12.1 Å². The zero-order valence-electron chi connectivity index (χ0n) is 20.4. The maximum absolute atomic E-state index is 13.5. The summed E-state index contributed by atoms with van der Waals surface area (Å²) < 4.78 is 31.7. The van der Waals surface area contributed by atoms with Crippen LogP contribution >= 0.6 is 22.9 Å². The molecule has 1 saturated heterocycles. The van der Waals surface area contributed by atoms with Crippen molar-refractivity contribution in [2.75, 3.05) is 10.8 Å². The molecule has 5 rings (SSSR count). The van der Waals surface area contributed by atoms with Gasteiger partial charge in [-0.3, -0.25) is 14.3 Å². The van der Waals surface area contributed by atoms with Gasteiger partial charge in [0.05, 0.1) is 18.3 Å². The SMILES string of the molecule is CC(C)(C)OC(=O)n1c(CN2CCC(N(c3cc4ccc(Cl)cc4s3)S(=O)O)C2=O)cc2ccncc21. The van der Waals surface area contributed by atoms with Gasteiger partial charge in [0.1, 0.15) is 16.6 Å². The molecule has 2 unspecified atom stereocenters. The number of hydrogen-bond acceptors (Lipinski definition) is 6. The zero-order chi connectivity index (χ0) is 26.5. The molecule has 0 radical (unpaired) electrons. The summed E-state index contributed by atoms with van der Waals surface area (Å²) in [6.07, 6.45) is 3.02. The van der Waals surface area contributed by atoms with Crippen LogP contribution in [0.4, 0.5) is 9.80 Å². The van der Waals surface area contributed by atoms with Crippen molar-refractivity contribution < 1.29 is 23.1 Å². The number of pyridine rings is 1. The first-order valence-electron chi connectivity index (χ1n) is 11.6. The average Bonchev–Trinajstić information content (AvgIpc) is 3.48. The van der Waals surface area contributed by atoms with Gasteiger partial charge in [-0.25, -0.2) is 17.9 Å². The molecule has 1 aliphatic heterocycles. The van der Waals surface area contributed by atoms with Crippen molar-refractivity contribution in [3.05, 3.63) is 59.5 Å². The highest BCUT2D eigenvalue weighted by atomic mass is 35.5. The minimum Gasteiger partial charge on any atom is -0.443 e. The Morgan fingerprint density at radius 2 is 2.05 bits per heavy atom. The minimum absolute atomic E-state index is 0.136. The van der Waals surface area contributed by atoms with Crippen LogP contribution < -0.4 is 4.31 Å². The van der Waals surface area contributed by atoms with Crippen molar-refractivity contribution in [3.8, 4) is 0 Å². The highest BCUT2D eigenvalue weighted by molar-refractivity contribution is 7.81. The third kappa shape index (κ3) is 5.08. The highest BCUT2D eigenvalue weighted by Gasteiger charge is 2.40. The Bertz CT molecular complexity index is 1540. The third-order valence-corrected chi connectivity index (χ3v) is 8.25. The first kappa shape index (κ1) is 25.7. The minimum atomic E-state index is -2.42. The lowest BCUT2D eigenvalue weighted by atomic mass is 10.2. The number of carbonyl (C=O) groups is 2. The van der Waals surface area contributed by atoms with Crippen LogP contribution in [0.15, 0.2) is 48.8 Å². The lowest BCUT2D eigenvalue weighted by molar-refractivity contribution is -0.129. The summed E-state index contributed by atoms with van der Waals surface area (Å²) in [5.41, 5.74) is 0.443. The summed E-state index contributed by atoms with van der Waals surface area (Å²) in [7, 11) is 0. The number of amides is 1. The molecule has 0 saturated carbocycles. The number of ether oxygens (including phenoxy) is 1. The smallest absolute Gasteiger partial charge is 0.419 e. The van der Waals surface area contributed by atoms with E-state index in [-0.39, 0.29) is 12.5 Å². The number of halogens is 1. The predicted octanol–water partition coefficient (Wildman–Crippen LogP) is 5.43. The first-order chi connectivity index (χ1) is 17.5. The van der Waals surface area contributed by atoms with Crippen molar-refractivity contribution >= 4 is 72.2 Å². The lowest BCUT2D eigenvalue weighted by Crippen LogP contribution is -2.42. The normalized spacial score (nSPS) is 17.1. The van der Waals surface area contributed by atoms with E-state index in [1.165, 1.54) is 20.2 Å². The van der Waals surface area contributed by atoms with Crippen molar-refractivity contribution in [2.24, 2.45) is 0 Å². The van der Waals surface area contributed by atoms with E-state index in [0.29, 0.717) is 34.2 Å². The molecule has 1 amide bonds. The van der Waals surface area contributed by atoms with E-state index < -0.39 is 29.0 Å². The molecule has 194 valence electrons. The molecule has 4 aromatic rings. The number of carbonyl (C=O) groups excluding carboxylic acids is 2. The number of rotatable bonds is 5. The first-order valence-corrected chi connectivity index (χ1v) is 13.8. The largest absolute Gasteiger partial charge is 0.443 e. The van der Waals surface area contributed by atoms with Crippen LogP contribution in [0.25, 0.3) is 21.0 Å². The molecule has 0 aliphatic carbocycles. The number of fused-ring (bicyclic) bond motifs is 2. The van der Waals surface area contributed by atoms with E-state index in [1.54, 1.807) is 62.3 Å². The molecule has 12 heteroatoms. The predicted molar refractivity (Wildman–Crippen MR) is 145 cm³/mol. The second kappa shape index (κ2) is 9.71. The number of nitrogens with zero attached hydrogens (tertiary/aromatic N) is 4. The molecule has 1 aromatic carbocycles. The fraction of sp³-hybridized carbons (Fsp3) is 0.320. The fourth-order valence-electron chi connectivity index (χ4n) is 4.48.